The first-order valence-corrected chi connectivity index (χ1v) is 7.49. The van der Waals surface area contributed by atoms with E-state index in [2.05, 4.69) is 9.51 Å². The minimum Gasteiger partial charge on any atom is -0.790 e. The van der Waals surface area contributed by atoms with E-state index in [0.717, 1.165) is 4.57 Å². The smallest absolute Gasteiger partial charge is 0.790 e. The van der Waals surface area contributed by atoms with Gasteiger partial charge in [-0.2, -0.15) is 4.98 Å². The van der Waals surface area contributed by atoms with Gasteiger partial charge in [0.25, 0.3) is 0 Å². The van der Waals surface area contributed by atoms with Crippen LogP contribution in [0.4, 0.5) is 5.82 Å². The van der Waals surface area contributed by atoms with E-state index in [-0.39, 0.29) is 71.4 Å². The van der Waals surface area contributed by atoms with E-state index in [1.165, 1.54) is 6.20 Å². The van der Waals surface area contributed by atoms with Crippen molar-refractivity contribution in [2.24, 2.45) is 0 Å². The summed E-state index contributed by atoms with van der Waals surface area (Å²) in [5.74, 6) is 0.0910. The van der Waals surface area contributed by atoms with E-state index in [0.29, 0.717) is 5.56 Å². The van der Waals surface area contributed by atoms with Crippen LogP contribution in [0.2, 0.25) is 0 Å². The number of aliphatic hydroxyl groups excluding tert-OH is 1. The van der Waals surface area contributed by atoms with Gasteiger partial charge in [-0.3, -0.25) is 4.57 Å². The molecule has 118 valence electrons. The van der Waals surface area contributed by atoms with Crippen molar-refractivity contribution < 1.29 is 87.8 Å². The maximum absolute atomic E-state index is 11.7. The molecule has 2 rings (SSSR count). The average Bonchev–Trinajstić information content (AvgIpc) is 2.72. The largest absolute Gasteiger partial charge is 1.00 e. The zero-order valence-corrected chi connectivity index (χ0v) is 17.9. The average molecular weight is 365 g/mol. The van der Waals surface area contributed by atoms with E-state index in [9.17, 15) is 24.3 Å². The Morgan fingerprint density at radius 1 is 1.57 bits per heavy atom. The van der Waals surface area contributed by atoms with Crippen LogP contribution in [0.25, 0.3) is 0 Å². The second-order valence-corrected chi connectivity index (χ2v) is 5.83. The fraction of sp³-hybridized carbons (Fsp3) is 0.600. The minimum atomic E-state index is -5.15. The van der Waals surface area contributed by atoms with E-state index >= 15 is 0 Å². The van der Waals surface area contributed by atoms with Crippen molar-refractivity contribution >= 4 is 13.6 Å². The molecule has 0 amide bonds. The molecule has 1 aliphatic heterocycles. The molecule has 1 aromatic rings. The van der Waals surface area contributed by atoms with Gasteiger partial charge in [0.05, 0.1) is 20.5 Å². The standard InChI is InChI=1S/C10H16N3O7P.2Na/c1-5-3-13(10(15)12-9(5)11)8-2-6(14)7(20-8)4-19-21(16,17)18;;/h3,6-8,14H,2,4H2,1H3,(H2,11,12,15)(H2,16,17,18);;/q;2*+1/p-2/t6-,7+,8+;;/m0../s1. The summed E-state index contributed by atoms with van der Waals surface area (Å²) in [4.78, 5) is 36.2. The summed E-state index contributed by atoms with van der Waals surface area (Å²) in [6, 6.07) is 0. The van der Waals surface area contributed by atoms with Crippen LogP contribution in [-0.4, -0.2) is 33.5 Å². The molecule has 3 atom stereocenters. The number of nitrogen functional groups attached to an aromatic ring is 1. The van der Waals surface area contributed by atoms with E-state index in [1.807, 2.05) is 0 Å². The van der Waals surface area contributed by atoms with Gasteiger partial charge in [-0.05, 0) is 6.92 Å². The summed E-state index contributed by atoms with van der Waals surface area (Å²) in [6.45, 7) is 1.04. The fourth-order valence-electron chi connectivity index (χ4n) is 1.99. The van der Waals surface area contributed by atoms with E-state index < -0.39 is 38.6 Å². The molecule has 1 fully saturated rings. The van der Waals surface area contributed by atoms with Crippen LogP contribution in [0, 0.1) is 6.92 Å². The third-order valence-electron chi connectivity index (χ3n) is 3.09. The number of hydrogen-bond donors (Lipinski definition) is 2. The first-order chi connectivity index (χ1) is 9.67. The normalized spacial score (nSPS) is 23.9. The van der Waals surface area contributed by atoms with Gasteiger partial charge in [0.1, 0.15) is 18.1 Å². The maximum atomic E-state index is 11.7. The zero-order chi connectivity index (χ0) is 15.8. The van der Waals surface area contributed by atoms with Gasteiger partial charge < -0.3 is 34.5 Å². The quantitative estimate of drug-likeness (QED) is 0.390. The molecule has 0 spiro atoms. The molecule has 10 nitrogen and oxygen atoms in total. The molecule has 0 saturated carbocycles. The van der Waals surface area contributed by atoms with Crippen molar-refractivity contribution in [2.45, 2.75) is 31.8 Å². The Kier molecular flexibility index (Phi) is 9.71. The second-order valence-electron chi connectivity index (χ2n) is 4.67. The van der Waals surface area contributed by atoms with Crippen molar-refractivity contribution in [1.29, 1.82) is 0 Å². The molecule has 2 heterocycles. The topological polar surface area (TPSA) is 163 Å². The Morgan fingerprint density at radius 3 is 2.74 bits per heavy atom. The molecule has 1 saturated heterocycles. The Morgan fingerprint density at radius 2 is 2.17 bits per heavy atom. The van der Waals surface area contributed by atoms with Crippen LogP contribution < -0.4 is 80.3 Å². The van der Waals surface area contributed by atoms with Crippen molar-refractivity contribution in [2.75, 3.05) is 12.3 Å². The Balaban J connectivity index is 0.00000242. The van der Waals surface area contributed by atoms with Crippen LogP contribution in [0.3, 0.4) is 0 Å². The SMILES string of the molecule is Cc1cn([C@H]2C[C@H](O)[C@@H](COP(=O)([O-])[O-])O2)c(=O)nc1N.[Na+].[Na+]. The summed E-state index contributed by atoms with van der Waals surface area (Å²) < 4.78 is 21.0. The van der Waals surface area contributed by atoms with E-state index in [1.54, 1.807) is 6.92 Å². The summed E-state index contributed by atoms with van der Waals surface area (Å²) in [5, 5.41) is 9.77. The molecule has 23 heavy (non-hydrogen) atoms. The predicted molar refractivity (Wildman–Crippen MR) is 65.7 cm³/mol. The van der Waals surface area contributed by atoms with Gasteiger partial charge >= 0.3 is 64.8 Å². The number of rotatable bonds is 4. The molecule has 1 aliphatic rings. The van der Waals surface area contributed by atoms with Gasteiger partial charge in [0, 0.05) is 18.2 Å². The van der Waals surface area contributed by atoms with Crippen molar-refractivity contribution in [3.63, 3.8) is 0 Å². The number of nitrogens with two attached hydrogens (primary N) is 1. The first-order valence-electron chi connectivity index (χ1n) is 6.03. The Hall–Kier alpha value is 0.710. The number of nitrogens with zero attached hydrogens (tertiary/aromatic N) is 2. The summed E-state index contributed by atoms with van der Waals surface area (Å²) in [6.07, 6.45) is -1.49. The number of phosphoric acid groups is 1. The van der Waals surface area contributed by atoms with Gasteiger partial charge in [0.2, 0.25) is 0 Å². The fourth-order valence-corrected chi connectivity index (χ4v) is 2.32. The minimum absolute atomic E-state index is 0. The molecule has 3 N–H and O–H groups in total. The molecule has 1 aromatic heterocycles. The van der Waals surface area contributed by atoms with Crippen LogP contribution in [-0.2, 0) is 13.8 Å². The Labute approximate surface area is 176 Å². The number of phosphoric ester groups is 1. The molecule has 0 unspecified atom stereocenters. The van der Waals surface area contributed by atoms with Gasteiger partial charge in [0.15, 0.2) is 0 Å². The Bertz CT molecular complexity index is 637. The van der Waals surface area contributed by atoms with Crippen molar-refractivity contribution in [1.82, 2.24) is 9.55 Å². The van der Waals surface area contributed by atoms with Crippen LogP contribution in [0.5, 0.6) is 0 Å². The predicted octanol–water partition coefficient (Wildman–Crippen LogP) is -8.36. The third-order valence-corrected chi connectivity index (χ3v) is 3.55. The molecule has 0 bridgehead atoms. The number of aliphatic hydroxyl groups is 1. The summed E-state index contributed by atoms with van der Waals surface area (Å²) >= 11 is 0. The van der Waals surface area contributed by atoms with Crippen molar-refractivity contribution in [3.8, 4) is 0 Å². The monoisotopic (exact) mass is 365 g/mol. The third kappa shape index (κ3) is 6.50. The number of ether oxygens (including phenoxy) is 1. The number of aryl methyl sites for hydroxylation is 1. The molecular formula is C10H14N3Na2O7P. The molecule has 0 radical (unpaired) electrons. The van der Waals surface area contributed by atoms with Crippen LogP contribution in [0.15, 0.2) is 11.0 Å². The summed E-state index contributed by atoms with van der Waals surface area (Å²) in [5.41, 5.74) is 5.40. The molecule has 13 heteroatoms. The molecule has 0 aliphatic carbocycles. The number of aromatic nitrogens is 2. The first kappa shape index (κ1) is 23.7. The van der Waals surface area contributed by atoms with Gasteiger partial charge in [-0.25, -0.2) is 4.79 Å². The molecule has 0 aromatic carbocycles. The molecular weight excluding hydrogens is 351 g/mol. The maximum Gasteiger partial charge on any atom is 1.00 e. The van der Waals surface area contributed by atoms with Crippen LogP contribution >= 0.6 is 7.82 Å². The van der Waals surface area contributed by atoms with Crippen molar-refractivity contribution in [3.05, 3.63) is 22.2 Å². The van der Waals surface area contributed by atoms with Gasteiger partial charge in [-0.15, -0.1) is 0 Å². The second kappa shape index (κ2) is 9.42. The van der Waals surface area contributed by atoms with E-state index in [4.69, 9.17) is 10.5 Å². The number of anilines is 1. The zero-order valence-electron chi connectivity index (χ0n) is 13.0. The van der Waals surface area contributed by atoms with Gasteiger partial charge in [-0.1, -0.05) is 0 Å². The van der Waals surface area contributed by atoms with Crippen LogP contribution in [0.1, 0.15) is 18.2 Å². The summed E-state index contributed by atoms with van der Waals surface area (Å²) in [7, 11) is -5.15. The number of hydrogen-bond acceptors (Lipinski definition) is 9.